The molecule has 2 heterocycles. The lowest BCUT2D eigenvalue weighted by Crippen LogP contribution is -2.33. The van der Waals surface area contributed by atoms with Crippen LogP contribution in [0.25, 0.3) is 0 Å². The molecule has 10 heteroatoms. The standard InChI is InChI=1S/C20H13Cl2N3O4S/c21-10-5-11(22)7-12(6-10)23-20-24-18(28)16(30-20)8-14-13-3-1-2-4-15(13)25(19(14)29)9-17(26)27/h1-8,14H,9H2,(H,26,27)(H,23,24,28). The molecule has 0 saturated carbocycles. The topological polar surface area (TPSA) is 99.1 Å². The maximum absolute atomic E-state index is 12.9. The van der Waals surface area contributed by atoms with Crippen molar-refractivity contribution >= 4 is 69.3 Å². The van der Waals surface area contributed by atoms with Crippen LogP contribution < -0.4 is 10.2 Å². The number of aliphatic imine (C=N–C) groups is 1. The molecule has 0 spiro atoms. The fraction of sp³-hybridized carbons (Fsp3) is 0.100. The molecule has 2 aliphatic heterocycles. The molecule has 2 aliphatic rings. The fourth-order valence-corrected chi connectivity index (χ4v) is 4.61. The minimum absolute atomic E-state index is 0.298. The van der Waals surface area contributed by atoms with Gasteiger partial charge in [0.15, 0.2) is 5.17 Å². The number of rotatable bonds is 4. The number of halogens is 2. The van der Waals surface area contributed by atoms with Gasteiger partial charge in [-0.3, -0.25) is 14.4 Å². The average molecular weight is 462 g/mol. The Bertz CT molecular complexity index is 1130. The van der Waals surface area contributed by atoms with Gasteiger partial charge in [-0.1, -0.05) is 41.4 Å². The van der Waals surface area contributed by atoms with Crippen molar-refractivity contribution in [2.45, 2.75) is 5.92 Å². The van der Waals surface area contributed by atoms with Gasteiger partial charge in [0.05, 0.1) is 16.5 Å². The smallest absolute Gasteiger partial charge is 0.323 e. The first-order chi connectivity index (χ1) is 14.3. The molecular formula is C20H13Cl2N3O4S. The van der Waals surface area contributed by atoms with Crippen molar-refractivity contribution in [1.29, 1.82) is 0 Å². The summed E-state index contributed by atoms with van der Waals surface area (Å²) in [6.07, 6.45) is 1.54. The summed E-state index contributed by atoms with van der Waals surface area (Å²) in [6.45, 7) is -0.447. The van der Waals surface area contributed by atoms with Crippen LogP contribution in [0, 0.1) is 0 Å². The molecule has 4 rings (SSSR count). The summed E-state index contributed by atoms with van der Waals surface area (Å²) < 4.78 is 0. The van der Waals surface area contributed by atoms with Gasteiger partial charge in [-0.25, -0.2) is 4.99 Å². The number of nitrogens with one attached hydrogen (secondary N) is 1. The van der Waals surface area contributed by atoms with Crippen LogP contribution in [-0.2, 0) is 14.4 Å². The van der Waals surface area contributed by atoms with Crippen molar-refractivity contribution in [3.05, 3.63) is 69.1 Å². The van der Waals surface area contributed by atoms with Gasteiger partial charge in [-0.2, -0.15) is 0 Å². The van der Waals surface area contributed by atoms with Gasteiger partial charge in [-0.05, 0) is 47.7 Å². The number of carboxylic acid groups (broad SMARTS) is 1. The number of fused-ring (bicyclic) bond motifs is 1. The molecule has 7 nitrogen and oxygen atoms in total. The van der Waals surface area contributed by atoms with Crippen molar-refractivity contribution in [2.75, 3.05) is 11.4 Å². The van der Waals surface area contributed by atoms with E-state index in [4.69, 9.17) is 28.3 Å². The first kappa shape index (κ1) is 20.5. The van der Waals surface area contributed by atoms with Crippen molar-refractivity contribution < 1.29 is 19.5 Å². The quantitative estimate of drug-likeness (QED) is 0.671. The highest BCUT2D eigenvalue weighted by Crippen LogP contribution is 2.40. The number of thioether (sulfide) groups is 1. The Morgan fingerprint density at radius 1 is 1.20 bits per heavy atom. The van der Waals surface area contributed by atoms with Crippen LogP contribution in [0.2, 0.25) is 10.0 Å². The van der Waals surface area contributed by atoms with Gasteiger partial charge in [0.25, 0.3) is 5.91 Å². The number of nitrogens with zero attached hydrogens (tertiary/aromatic N) is 2. The fourth-order valence-electron chi connectivity index (χ4n) is 3.24. The van der Waals surface area contributed by atoms with E-state index in [0.717, 1.165) is 11.8 Å². The van der Waals surface area contributed by atoms with Crippen LogP contribution in [0.5, 0.6) is 0 Å². The van der Waals surface area contributed by atoms with Crippen LogP contribution in [-0.4, -0.2) is 34.6 Å². The van der Waals surface area contributed by atoms with E-state index in [1.807, 2.05) is 0 Å². The van der Waals surface area contributed by atoms with Crippen molar-refractivity contribution in [3.8, 4) is 0 Å². The Hall–Kier alpha value is -2.81. The highest BCUT2D eigenvalue weighted by atomic mass is 35.5. The van der Waals surface area contributed by atoms with E-state index >= 15 is 0 Å². The van der Waals surface area contributed by atoms with Crippen LogP contribution in [0.3, 0.4) is 0 Å². The van der Waals surface area contributed by atoms with E-state index in [1.54, 1.807) is 42.5 Å². The second-order valence-corrected chi connectivity index (χ2v) is 8.39. The maximum atomic E-state index is 12.9. The third-order valence-electron chi connectivity index (χ3n) is 4.43. The molecule has 30 heavy (non-hydrogen) atoms. The highest BCUT2D eigenvalue weighted by molar-refractivity contribution is 8.18. The third kappa shape index (κ3) is 4.07. The minimum atomic E-state index is -1.12. The molecule has 1 saturated heterocycles. The molecule has 2 N–H and O–H groups in total. The molecule has 1 unspecified atom stereocenters. The Morgan fingerprint density at radius 2 is 1.90 bits per heavy atom. The van der Waals surface area contributed by atoms with Gasteiger partial charge in [0.1, 0.15) is 6.54 Å². The lowest BCUT2D eigenvalue weighted by Gasteiger charge is -2.14. The first-order valence-corrected chi connectivity index (χ1v) is 10.3. The Morgan fingerprint density at radius 3 is 2.60 bits per heavy atom. The zero-order chi connectivity index (χ0) is 21.4. The van der Waals surface area contributed by atoms with E-state index in [9.17, 15) is 14.4 Å². The number of hydrogen-bond acceptors (Lipinski definition) is 5. The molecule has 2 amide bonds. The Balaban J connectivity index is 1.63. The number of benzene rings is 2. The van der Waals surface area contributed by atoms with Crippen molar-refractivity contribution in [2.24, 2.45) is 4.99 Å². The Kier molecular flexibility index (Phi) is 5.55. The monoisotopic (exact) mass is 461 g/mol. The number of amides is 2. The second-order valence-electron chi connectivity index (χ2n) is 6.49. The molecule has 2 aromatic carbocycles. The van der Waals surface area contributed by atoms with E-state index in [1.165, 1.54) is 11.0 Å². The predicted octanol–water partition coefficient (Wildman–Crippen LogP) is 3.94. The third-order valence-corrected chi connectivity index (χ3v) is 5.80. The summed E-state index contributed by atoms with van der Waals surface area (Å²) in [4.78, 5) is 42.3. The van der Waals surface area contributed by atoms with Gasteiger partial charge in [0, 0.05) is 15.7 Å². The van der Waals surface area contributed by atoms with Gasteiger partial charge < -0.3 is 15.3 Å². The molecule has 1 fully saturated rings. The first-order valence-electron chi connectivity index (χ1n) is 8.70. The summed E-state index contributed by atoms with van der Waals surface area (Å²) in [5.41, 5.74) is 1.65. The molecule has 2 aromatic rings. The highest BCUT2D eigenvalue weighted by Gasteiger charge is 2.38. The number of amidine groups is 1. The molecule has 1 atom stereocenters. The lowest BCUT2D eigenvalue weighted by atomic mass is 10.0. The summed E-state index contributed by atoms with van der Waals surface area (Å²) >= 11 is 13.0. The second kappa shape index (κ2) is 8.14. The zero-order valence-corrected chi connectivity index (χ0v) is 17.5. The number of hydrogen-bond donors (Lipinski definition) is 2. The lowest BCUT2D eigenvalue weighted by molar-refractivity contribution is -0.136. The average Bonchev–Trinajstić information content (AvgIpc) is 3.13. The number of aliphatic carboxylic acids is 1. The predicted molar refractivity (Wildman–Crippen MR) is 117 cm³/mol. The van der Waals surface area contributed by atoms with Gasteiger partial charge in [-0.15, -0.1) is 0 Å². The van der Waals surface area contributed by atoms with E-state index in [2.05, 4.69) is 10.3 Å². The molecule has 0 bridgehead atoms. The van der Waals surface area contributed by atoms with Crippen molar-refractivity contribution in [3.63, 3.8) is 0 Å². The molecular weight excluding hydrogens is 449 g/mol. The van der Waals surface area contributed by atoms with Crippen LogP contribution >= 0.6 is 35.0 Å². The summed E-state index contributed by atoms with van der Waals surface area (Å²) in [5, 5.41) is 12.9. The van der Waals surface area contributed by atoms with E-state index < -0.39 is 30.2 Å². The molecule has 152 valence electrons. The van der Waals surface area contributed by atoms with E-state index in [0.29, 0.717) is 37.1 Å². The zero-order valence-electron chi connectivity index (χ0n) is 15.1. The minimum Gasteiger partial charge on any atom is -0.480 e. The largest absolute Gasteiger partial charge is 0.480 e. The molecule has 0 aromatic heterocycles. The van der Waals surface area contributed by atoms with E-state index in [-0.39, 0.29) is 0 Å². The summed E-state index contributed by atoms with van der Waals surface area (Å²) in [6, 6.07) is 11.7. The summed E-state index contributed by atoms with van der Waals surface area (Å²) in [7, 11) is 0. The van der Waals surface area contributed by atoms with Crippen LogP contribution in [0.15, 0.2) is 58.4 Å². The SMILES string of the molecule is O=C(O)CN1C(=O)C(C=C2SC(=Nc3cc(Cl)cc(Cl)c3)NC2=O)c2ccccc21. The molecule has 0 radical (unpaired) electrons. The van der Waals surface area contributed by atoms with Crippen LogP contribution in [0.4, 0.5) is 11.4 Å². The number of para-hydroxylation sites is 1. The van der Waals surface area contributed by atoms with Gasteiger partial charge >= 0.3 is 5.97 Å². The normalized spacial score (nSPS) is 20.7. The number of carboxylic acids is 1. The number of carbonyl (C=O) groups is 3. The van der Waals surface area contributed by atoms with Gasteiger partial charge in [0.2, 0.25) is 5.91 Å². The summed E-state index contributed by atoms with van der Waals surface area (Å²) in [5.74, 6) is -2.66. The molecule has 0 aliphatic carbocycles. The Labute approximate surface area is 185 Å². The number of carbonyl (C=O) groups excluding carboxylic acids is 2. The van der Waals surface area contributed by atoms with Crippen molar-refractivity contribution in [1.82, 2.24) is 5.32 Å². The van der Waals surface area contributed by atoms with Crippen LogP contribution in [0.1, 0.15) is 11.5 Å². The number of anilines is 1. The maximum Gasteiger partial charge on any atom is 0.323 e.